The van der Waals surface area contributed by atoms with Gasteiger partial charge in [-0.2, -0.15) is 0 Å². The Morgan fingerprint density at radius 1 is 1.28 bits per heavy atom. The van der Waals surface area contributed by atoms with E-state index in [0.717, 1.165) is 17.3 Å². The summed E-state index contributed by atoms with van der Waals surface area (Å²) in [6.07, 6.45) is 1.83. The van der Waals surface area contributed by atoms with Gasteiger partial charge in [-0.3, -0.25) is 4.98 Å². The Balaban J connectivity index is 2.00. The minimum Gasteiger partial charge on any atom is -0.305 e. The van der Waals surface area contributed by atoms with Crippen LogP contribution in [-0.2, 0) is 6.54 Å². The van der Waals surface area contributed by atoms with E-state index < -0.39 is 0 Å². The number of halogens is 1. The first-order valence-electron chi connectivity index (χ1n) is 6.06. The van der Waals surface area contributed by atoms with Crippen LogP contribution in [0.3, 0.4) is 0 Å². The predicted molar refractivity (Wildman–Crippen MR) is 75.7 cm³/mol. The summed E-state index contributed by atoms with van der Waals surface area (Å²) in [5.41, 5.74) is 3.49. The van der Waals surface area contributed by atoms with Crippen LogP contribution in [0, 0.1) is 6.92 Å². The fourth-order valence-corrected chi connectivity index (χ4v) is 2.05. The number of nitrogens with zero attached hydrogens (tertiary/aromatic N) is 1. The van der Waals surface area contributed by atoms with Crippen molar-refractivity contribution < 1.29 is 0 Å². The average molecular weight is 261 g/mol. The van der Waals surface area contributed by atoms with E-state index in [1.54, 1.807) is 0 Å². The molecule has 0 aliphatic heterocycles. The molecule has 0 saturated heterocycles. The van der Waals surface area contributed by atoms with Gasteiger partial charge in [0.05, 0.1) is 5.69 Å². The maximum atomic E-state index is 5.99. The molecular formula is C15H17ClN2. The minimum absolute atomic E-state index is 0.255. The molecule has 18 heavy (non-hydrogen) atoms. The van der Waals surface area contributed by atoms with Crippen molar-refractivity contribution in [2.45, 2.75) is 26.4 Å². The maximum absolute atomic E-state index is 5.99. The Morgan fingerprint density at radius 2 is 2.11 bits per heavy atom. The Hall–Kier alpha value is -1.38. The summed E-state index contributed by atoms with van der Waals surface area (Å²) >= 11 is 5.99. The second-order valence-corrected chi connectivity index (χ2v) is 4.86. The van der Waals surface area contributed by atoms with Crippen LogP contribution in [0.4, 0.5) is 0 Å². The monoisotopic (exact) mass is 260 g/mol. The number of nitrogens with one attached hydrogen (secondary N) is 1. The van der Waals surface area contributed by atoms with E-state index >= 15 is 0 Å². The molecule has 1 aromatic carbocycles. The quantitative estimate of drug-likeness (QED) is 0.902. The van der Waals surface area contributed by atoms with Gasteiger partial charge in [0.2, 0.25) is 0 Å². The first kappa shape index (κ1) is 13.1. The standard InChI is InChI=1S/C15H17ClN2/c1-11-5-4-8-17-15(11)10-18-12(2)13-6-3-7-14(16)9-13/h3-9,12,18H,10H2,1-2H3/t12-/m0/s1. The van der Waals surface area contributed by atoms with Gasteiger partial charge in [0.1, 0.15) is 0 Å². The maximum Gasteiger partial charge on any atom is 0.0570 e. The highest BCUT2D eigenvalue weighted by atomic mass is 35.5. The zero-order valence-corrected chi connectivity index (χ0v) is 11.4. The predicted octanol–water partition coefficient (Wildman–Crippen LogP) is 3.89. The molecule has 1 N–H and O–H groups in total. The lowest BCUT2D eigenvalue weighted by atomic mass is 10.1. The van der Waals surface area contributed by atoms with Crippen molar-refractivity contribution in [3.8, 4) is 0 Å². The molecule has 0 saturated carbocycles. The minimum atomic E-state index is 0.255. The van der Waals surface area contributed by atoms with Crippen LogP contribution in [0.2, 0.25) is 5.02 Å². The van der Waals surface area contributed by atoms with Gasteiger partial charge in [-0.15, -0.1) is 0 Å². The van der Waals surface area contributed by atoms with Crippen molar-refractivity contribution in [3.63, 3.8) is 0 Å². The number of hydrogen-bond acceptors (Lipinski definition) is 2. The number of benzene rings is 1. The molecule has 0 radical (unpaired) electrons. The van der Waals surface area contributed by atoms with Crippen molar-refractivity contribution in [2.75, 3.05) is 0 Å². The average Bonchev–Trinajstić information content (AvgIpc) is 2.37. The number of aromatic nitrogens is 1. The molecule has 1 aromatic heterocycles. The summed E-state index contributed by atoms with van der Waals surface area (Å²) in [5, 5.41) is 4.24. The lowest BCUT2D eigenvalue weighted by Crippen LogP contribution is -2.19. The summed E-state index contributed by atoms with van der Waals surface area (Å²) < 4.78 is 0. The smallest absolute Gasteiger partial charge is 0.0570 e. The largest absolute Gasteiger partial charge is 0.305 e. The molecule has 0 aliphatic carbocycles. The van der Waals surface area contributed by atoms with Crippen molar-refractivity contribution >= 4 is 11.6 Å². The molecule has 1 atom stereocenters. The number of rotatable bonds is 4. The molecule has 0 unspecified atom stereocenters. The first-order valence-corrected chi connectivity index (χ1v) is 6.44. The second kappa shape index (κ2) is 5.98. The van der Waals surface area contributed by atoms with E-state index in [1.165, 1.54) is 11.1 Å². The van der Waals surface area contributed by atoms with Gasteiger partial charge < -0.3 is 5.32 Å². The highest BCUT2D eigenvalue weighted by molar-refractivity contribution is 6.30. The lowest BCUT2D eigenvalue weighted by molar-refractivity contribution is 0.566. The van der Waals surface area contributed by atoms with Crippen LogP contribution in [0.1, 0.15) is 29.8 Å². The van der Waals surface area contributed by atoms with Crippen molar-refractivity contribution in [1.82, 2.24) is 10.3 Å². The Kier molecular flexibility index (Phi) is 4.34. The molecule has 0 spiro atoms. The van der Waals surface area contributed by atoms with Crippen molar-refractivity contribution in [2.24, 2.45) is 0 Å². The molecule has 0 fully saturated rings. The van der Waals surface area contributed by atoms with Gasteiger partial charge >= 0.3 is 0 Å². The van der Waals surface area contributed by atoms with E-state index in [9.17, 15) is 0 Å². The van der Waals surface area contributed by atoms with E-state index in [1.807, 2.05) is 30.5 Å². The number of hydrogen-bond donors (Lipinski definition) is 1. The third-order valence-corrected chi connectivity index (χ3v) is 3.28. The molecule has 2 rings (SSSR count). The fraction of sp³-hybridized carbons (Fsp3) is 0.267. The van der Waals surface area contributed by atoms with Gasteiger partial charge in [0, 0.05) is 23.8 Å². The molecule has 2 nitrogen and oxygen atoms in total. The Morgan fingerprint density at radius 3 is 2.83 bits per heavy atom. The molecule has 0 aliphatic rings. The van der Waals surface area contributed by atoms with E-state index in [2.05, 4.69) is 36.3 Å². The highest BCUT2D eigenvalue weighted by Gasteiger charge is 2.06. The van der Waals surface area contributed by atoms with Gasteiger partial charge in [-0.05, 0) is 43.2 Å². The zero-order chi connectivity index (χ0) is 13.0. The van der Waals surface area contributed by atoms with Gasteiger partial charge in [-0.1, -0.05) is 29.8 Å². The normalized spacial score (nSPS) is 12.4. The Bertz CT molecular complexity index is 525. The van der Waals surface area contributed by atoms with Crippen LogP contribution in [0.15, 0.2) is 42.6 Å². The third-order valence-electron chi connectivity index (χ3n) is 3.04. The second-order valence-electron chi connectivity index (χ2n) is 4.42. The van der Waals surface area contributed by atoms with Gasteiger partial charge in [-0.25, -0.2) is 0 Å². The fourth-order valence-electron chi connectivity index (χ4n) is 1.85. The zero-order valence-electron chi connectivity index (χ0n) is 10.7. The summed E-state index contributed by atoms with van der Waals surface area (Å²) in [5.74, 6) is 0. The van der Waals surface area contributed by atoms with E-state index in [4.69, 9.17) is 11.6 Å². The molecular weight excluding hydrogens is 244 g/mol. The highest BCUT2D eigenvalue weighted by Crippen LogP contribution is 2.17. The van der Waals surface area contributed by atoms with Crippen molar-refractivity contribution in [1.29, 1.82) is 0 Å². The molecule has 94 valence electrons. The first-order chi connectivity index (χ1) is 8.66. The summed E-state index contributed by atoms with van der Waals surface area (Å²) in [6.45, 7) is 4.97. The van der Waals surface area contributed by atoms with E-state index in [0.29, 0.717) is 0 Å². The van der Waals surface area contributed by atoms with E-state index in [-0.39, 0.29) is 6.04 Å². The van der Waals surface area contributed by atoms with Gasteiger partial charge in [0.25, 0.3) is 0 Å². The topological polar surface area (TPSA) is 24.9 Å². The van der Waals surface area contributed by atoms with Crippen LogP contribution in [-0.4, -0.2) is 4.98 Å². The SMILES string of the molecule is Cc1cccnc1CN[C@@H](C)c1cccc(Cl)c1. The van der Waals surface area contributed by atoms with Crippen LogP contribution >= 0.6 is 11.6 Å². The summed E-state index contributed by atoms with van der Waals surface area (Å²) in [4.78, 5) is 4.37. The van der Waals surface area contributed by atoms with Crippen molar-refractivity contribution in [3.05, 3.63) is 64.4 Å². The molecule has 0 amide bonds. The molecule has 1 heterocycles. The molecule has 3 heteroatoms. The lowest BCUT2D eigenvalue weighted by Gasteiger charge is -2.15. The third kappa shape index (κ3) is 3.31. The molecule has 2 aromatic rings. The van der Waals surface area contributed by atoms with Crippen LogP contribution < -0.4 is 5.32 Å². The summed E-state index contributed by atoms with van der Waals surface area (Å²) in [6, 6.07) is 12.2. The van der Waals surface area contributed by atoms with Gasteiger partial charge in [0.15, 0.2) is 0 Å². The summed E-state index contributed by atoms with van der Waals surface area (Å²) in [7, 11) is 0. The van der Waals surface area contributed by atoms with Crippen LogP contribution in [0.25, 0.3) is 0 Å². The number of pyridine rings is 1. The molecule has 0 bridgehead atoms. The number of aryl methyl sites for hydroxylation is 1. The Labute approximate surface area is 113 Å². The van der Waals surface area contributed by atoms with Crippen LogP contribution in [0.5, 0.6) is 0 Å².